The molecule has 1 fully saturated rings. The van der Waals surface area contributed by atoms with Crippen molar-refractivity contribution in [3.05, 3.63) is 29.8 Å². The maximum atomic E-state index is 5.71. The second-order valence-electron chi connectivity index (χ2n) is 6.85. The predicted octanol–water partition coefficient (Wildman–Crippen LogP) is 4.36. The quantitative estimate of drug-likeness (QED) is 0.833. The normalized spacial score (nSPS) is 24.5. The molecule has 1 aromatic carbocycles. The van der Waals surface area contributed by atoms with Gasteiger partial charge in [-0.15, -0.1) is 0 Å². The lowest BCUT2D eigenvalue weighted by Gasteiger charge is -2.53. The molecule has 0 aromatic heterocycles. The van der Waals surface area contributed by atoms with Crippen LogP contribution in [0.2, 0.25) is 0 Å². The fourth-order valence-electron chi connectivity index (χ4n) is 3.21. The molecule has 0 bridgehead atoms. The highest BCUT2D eigenvalue weighted by atomic mass is 16.5. The Bertz CT molecular complexity index is 422. The minimum absolute atomic E-state index is 0.239. The van der Waals surface area contributed by atoms with Gasteiger partial charge in [0, 0.05) is 6.04 Å². The highest BCUT2D eigenvalue weighted by Crippen LogP contribution is 2.52. The molecule has 0 saturated heterocycles. The highest BCUT2D eigenvalue weighted by molar-refractivity contribution is 5.33. The van der Waals surface area contributed by atoms with E-state index in [1.807, 2.05) is 0 Å². The number of ether oxygens (including phenoxy) is 1. The van der Waals surface area contributed by atoms with Crippen molar-refractivity contribution in [2.24, 2.45) is 5.41 Å². The number of hydrogen-bond donors (Lipinski definition) is 1. The summed E-state index contributed by atoms with van der Waals surface area (Å²) in [6.07, 6.45) is 2.69. The van der Waals surface area contributed by atoms with E-state index in [0.717, 1.165) is 12.3 Å². The topological polar surface area (TPSA) is 21.3 Å². The first-order valence-electron chi connectivity index (χ1n) is 7.95. The Kier molecular flexibility index (Phi) is 4.74. The third-order valence-corrected chi connectivity index (χ3v) is 4.56. The Morgan fingerprint density at radius 3 is 2.40 bits per heavy atom. The summed E-state index contributed by atoms with van der Waals surface area (Å²) in [6, 6.07) is 9.34. The van der Waals surface area contributed by atoms with E-state index in [4.69, 9.17) is 4.74 Å². The SMILES string of the molecule is CCCNC1CC(c2ccc(OC(C)C)cc2)C1(C)C. The van der Waals surface area contributed by atoms with E-state index < -0.39 is 0 Å². The molecule has 112 valence electrons. The van der Waals surface area contributed by atoms with Crippen molar-refractivity contribution < 1.29 is 4.74 Å². The summed E-state index contributed by atoms with van der Waals surface area (Å²) >= 11 is 0. The average molecular weight is 275 g/mol. The van der Waals surface area contributed by atoms with Gasteiger partial charge in [-0.3, -0.25) is 0 Å². The van der Waals surface area contributed by atoms with Crippen molar-refractivity contribution in [2.45, 2.75) is 65.5 Å². The van der Waals surface area contributed by atoms with E-state index in [-0.39, 0.29) is 6.10 Å². The van der Waals surface area contributed by atoms with E-state index in [1.54, 1.807) is 0 Å². The minimum atomic E-state index is 0.239. The lowest BCUT2D eigenvalue weighted by Crippen LogP contribution is -2.55. The summed E-state index contributed by atoms with van der Waals surface area (Å²) in [7, 11) is 0. The zero-order valence-electron chi connectivity index (χ0n) is 13.6. The first kappa shape index (κ1) is 15.4. The molecule has 1 aliphatic carbocycles. The van der Waals surface area contributed by atoms with Crippen molar-refractivity contribution >= 4 is 0 Å². The maximum Gasteiger partial charge on any atom is 0.119 e. The largest absolute Gasteiger partial charge is 0.491 e. The Labute approximate surface area is 123 Å². The maximum absolute atomic E-state index is 5.71. The minimum Gasteiger partial charge on any atom is -0.491 e. The molecule has 0 aliphatic heterocycles. The number of rotatable bonds is 6. The predicted molar refractivity (Wildman–Crippen MR) is 85.4 cm³/mol. The van der Waals surface area contributed by atoms with Gasteiger partial charge in [-0.25, -0.2) is 0 Å². The molecule has 20 heavy (non-hydrogen) atoms. The summed E-state index contributed by atoms with van der Waals surface area (Å²) in [6.45, 7) is 12.2. The third kappa shape index (κ3) is 3.17. The number of hydrogen-bond acceptors (Lipinski definition) is 2. The standard InChI is InChI=1S/C18H29NO/c1-6-11-19-17-12-16(18(17,4)5)14-7-9-15(10-8-14)20-13(2)3/h7-10,13,16-17,19H,6,11-12H2,1-5H3. The fraction of sp³-hybridized carbons (Fsp3) is 0.667. The van der Waals surface area contributed by atoms with Crippen molar-refractivity contribution in [2.75, 3.05) is 6.54 Å². The summed E-state index contributed by atoms with van der Waals surface area (Å²) in [5, 5.41) is 3.67. The molecule has 2 unspecified atom stereocenters. The van der Waals surface area contributed by atoms with Crippen molar-refractivity contribution in [3.8, 4) is 5.75 Å². The van der Waals surface area contributed by atoms with Crippen molar-refractivity contribution in [1.29, 1.82) is 0 Å². The average Bonchev–Trinajstić information content (AvgIpc) is 2.39. The van der Waals surface area contributed by atoms with E-state index in [1.165, 1.54) is 18.4 Å². The lowest BCUT2D eigenvalue weighted by molar-refractivity contribution is 0.0694. The van der Waals surface area contributed by atoms with Gasteiger partial charge in [-0.1, -0.05) is 32.9 Å². The van der Waals surface area contributed by atoms with Gasteiger partial charge in [-0.2, -0.15) is 0 Å². The van der Waals surface area contributed by atoms with Gasteiger partial charge in [-0.05, 0) is 62.3 Å². The molecular formula is C18H29NO. The van der Waals surface area contributed by atoms with Crippen LogP contribution in [-0.2, 0) is 0 Å². The molecule has 1 N–H and O–H groups in total. The molecule has 1 saturated carbocycles. The molecule has 2 atom stereocenters. The van der Waals surface area contributed by atoms with Crippen LogP contribution in [0.3, 0.4) is 0 Å². The van der Waals surface area contributed by atoms with Crippen LogP contribution in [0.4, 0.5) is 0 Å². The molecule has 0 amide bonds. The molecule has 2 rings (SSSR count). The number of nitrogens with one attached hydrogen (secondary N) is 1. The molecule has 2 nitrogen and oxygen atoms in total. The Hall–Kier alpha value is -1.02. The smallest absolute Gasteiger partial charge is 0.119 e. The molecule has 0 spiro atoms. The lowest BCUT2D eigenvalue weighted by atomic mass is 9.56. The van der Waals surface area contributed by atoms with Crippen molar-refractivity contribution in [3.63, 3.8) is 0 Å². The van der Waals surface area contributed by atoms with Gasteiger partial charge in [0.25, 0.3) is 0 Å². The highest BCUT2D eigenvalue weighted by Gasteiger charge is 2.48. The summed E-state index contributed by atoms with van der Waals surface area (Å²) in [5.41, 5.74) is 1.79. The monoisotopic (exact) mass is 275 g/mol. The fourth-order valence-corrected chi connectivity index (χ4v) is 3.21. The Morgan fingerprint density at radius 2 is 1.90 bits per heavy atom. The van der Waals surface area contributed by atoms with Gasteiger partial charge in [0.1, 0.15) is 5.75 Å². The van der Waals surface area contributed by atoms with Crippen LogP contribution in [0, 0.1) is 5.41 Å². The third-order valence-electron chi connectivity index (χ3n) is 4.56. The summed E-state index contributed by atoms with van der Waals surface area (Å²) < 4.78 is 5.71. The van der Waals surface area contributed by atoms with Crippen LogP contribution < -0.4 is 10.1 Å². The molecule has 1 aromatic rings. The van der Waals surface area contributed by atoms with Gasteiger partial charge in [0.05, 0.1) is 6.10 Å². The van der Waals surface area contributed by atoms with Gasteiger partial charge >= 0.3 is 0 Å². The molecule has 1 aliphatic rings. The van der Waals surface area contributed by atoms with Crippen LogP contribution in [0.1, 0.15) is 58.9 Å². The Morgan fingerprint density at radius 1 is 1.25 bits per heavy atom. The summed E-state index contributed by atoms with van der Waals surface area (Å²) in [5.74, 6) is 1.63. The van der Waals surface area contributed by atoms with E-state index in [9.17, 15) is 0 Å². The van der Waals surface area contributed by atoms with Gasteiger partial charge < -0.3 is 10.1 Å². The number of benzene rings is 1. The van der Waals surface area contributed by atoms with E-state index in [2.05, 4.69) is 64.2 Å². The van der Waals surface area contributed by atoms with Crippen molar-refractivity contribution in [1.82, 2.24) is 5.32 Å². The van der Waals surface area contributed by atoms with Crippen LogP contribution in [0.25, 0.3) is 0 Å². The zero-order chi connectivity index (χ0) is 14.8. The van der Waals surface area contributed by atoms with Crippen LogP contribution in [0.5, 0.6) is 5.75 Å². The van der Waals surface area contributed by atoms with Crippen LogP contribution >= 0.6 is 0 Å². The Balaban J connectivity index is 1.99. The first-order chi connectivity index (χ1) is 9.45. The van der Waals surface area contributed by atoms with Crippen LogP contribution in [0.15, 0.2) is 24.3 Å². The molecule has 0 heterocycles. The molecular weight excluding hydrogens is 246 g/mol. The van der Waals surface area contributed by atoms with E-state index >= 15 is 0 Å². The summed E-state index contributed by atoms with van der Waals surface area (Å²) in [4.78, 5) is 0. The molecule has 0 radical (unpaired) electrons. The zero-order valence-corrected chi connectivity index (χ0v) is 13.6. The van der Waals surface area contributed by atoms with E-state index in [0.29, 0.717) is 17.4 Å². The van der Waals surface area contributed by atoms with Gasteiger partial charge in [0.2, 0.25) is 0 Å². The molecule has 2 heteroatoms. The second-order valence-corrected chi connectivity index (χ2v) is 6.85. The van der Waals surface area contributed by atoms with Gasteiger partial charge in [0.15, 0.2) is 0 Å². The van der Waals surface area contributed by atoms with Crippen LogP contribution in [-0.4, -0.2) is 18.7 Å². The first-order valence-corrected chi connectivity index (χ1v) is 7.95. The second kappa shape index (κ2) is 6.17.